The molecular weight excluding hydrogens is 252 g/mol. The molecule has 0 unspecified atom stereocenters. The van der Waals surface area contributed by atoms with Crippen molar-refractivity contribution < 1.29 is 0 Å². The Labute approximate surface area is 119 Å². The summed E-state index contributed by atoms with van der Waals surface area (Å²) in [6, 6.07) is 10.7. The van der Waals surface area contributed by atoms with Crippen LogP contribution in [-0.2, 0) is 0 Å². The van der Waals surface area contributed by atoms with Crippen LogP contribution in [-0.4, -0.2) is 4.98 Å². The average molecular weight is 272 g/mol. The van der Waals surface area contributed by atoms with Gasteiger partial charge in [0.1, 0.15) is 0 Å². The minimum atomic E-state index is 0.0414. The van der Waals surface area contributed by atoms with Crippen molar-refractivity contribution in [2.45, 2.75) is 43.0 Å². The Hall–Kier alpha value is -1.32. The van der Waals surface area contributed by atoms with E-state index in [9.17, 15) is 0 Å². The second-order valence-electron chi connectivity index (χ2n) is 4.80. The molecule has 1 aromatic heterocycles. The zero-order chi connectivity index (χ0) is 13.8. The fourth-order valence-corrected chi connectivity index (χ4v) is 2.79. The van der Waals surface area contributed by atoms with Gasteiger partial charge in [-0.15, -0.1) is 0 Å². The quantitative estimate of drug-likeness (QED) is 0.904. The van der Waals surface area contributed by atoms with E-state index >= 15 is 0 Å². The van der Waals surface area contributed by atoms with Gasteiger partial charge in [-0.1, -0.05) is 30.8 Å². The number of benzene rings is 1. The molecule has 1 atom stereocenters. The third-order valence-electron chi connectivity index (χ3n) is 3.15. The molecule has 0 radical (unpaired) electrons. The van der Waals surface area contributed by atoms with Crippen molar-refractivity contribution in [3.8, 4) is 0 Å². The van der Waals surface area contributed by atoms with E-state index in [2.05, 4.69) is 50.0 Å². The van der Waals surface area contributed by atoms with Crippen LogP contribution in [0, 0.1) is 13.8 Å². The van der Waals surface area contributed by atoms with Gasteiger partial charge in [0.2, 0.25) is 0 Å². The van der Waals surface area contributed by atoms with E-state index in [4.69, 9.17) is 5.73 Å². The summed E-state index contributed by atoms with van der Waals surface area (Å²) in [5, 5.41) is 0. The summed E-state index contributed by atoms with van der Waals surface area (Å²) >= 11 is 1.75. The topological polar surface area (TPSA) is 38.9 Å². The maximum absolute atomic E-state index is 5.97. The highest BCUT2D eigenvalue weighted by atomic mass is 32.2. The summed E-state index contributed by atoms with van der Waals surface area (Å²) in [5.41, 5.74) is 9.52. The first kappa shape index (κ1) is 14.1. The molecule has 2 N–H and O–H groups in total. The van der Waals surface area contributed by atoms with Gasteiger partial charge in [-0.3, -0.25) is 4.98 Å². The van der Waals surface area contributed by atoms with Gasteiger partial charge in [0, 0.05) is 22.0 Å². The molecular formula is C16H20N2S. The van der Waals surface area contributed by atoms with Crippen LogP contribution in [0.1, 0.15) is 36.2 Å². The van der Waals surface area contributed by atoms with E-state index in [1.54, 1.807) is 11.8 Å². The van der Waals surface area contributed by atoms with Gasteiger partial charge in [0.05, 0.1) is 5.69 Å². The number of rotatable bonds is 4. The second kappa shape index (κ2) is 6.22. The zero-order valence-corrected chi connectivity index (χ0v) is 12.5. The van der Waals surface area contributed by atoms with E-state index in [0.717, 1.165) is 17.0 Å². The van der Waals surface area contributed by atoms with Crippen molar-refractivity contribution >= 4 is 11.8 Å². The maximum Gasteiger partial charge on any atom is 0.0571 e. The fraction of sp³-hybridized carbons (Fsp3) is 0.312. The minimum Gasteiger partial charge on any atom is -0.323 e. The average Bonchev–Trinajstić information content (AvgIpc) is 2.43. The molecule has 1 aromatic carbocycles. The normalized spacial score (nSPS) is 12.4. The number of aryl methyl sites for hydroxylation is 2. The fourth-order valence-electron chi connectivity index (χ4n) is 1.82. The van der Waals surface area contributed by atoms with E-state index in [0.29, 0.717) is 0 Å². The van der Waals surface area contributed by atoms with E-state index < -0.39 is 0 Å². The standard InChI is InChI=1S/C16H20N2S/c1-4-14(17)15-8-7-13(10-18-15)19-16-9-11(2)5-6-12(16)3/h5-10,14H,4,17H2,1-3H3/t14-/m0/s1. The first-order chi connectivity index (χ1) is 9.10. The monoisotopic (exact) mass is 272 g/mol. The lowest BCUT2D eigenvalue weighted by molar-refractivity contribution is 0.674. The zero-order valence-electron chi connectivity index (χ0n) is 11.7. The van der Waals surface area contributed by atoms with E-state index in [1.807, 2.05) is 12.3 Å². The summed E-state index contributed by atoms with van der Waals surface area (Å²) in [6.45, 7) is 6.33. The summed E-state index contributed by atoms with van der Waals surface area (Å²) in [7, 11) is 0. The van der Waals surface area contributed by atoms with Crippen LogP contribution in [0.5, 0.6) is 0 Å². The van der Waals surface area contributed by atoms with Crippen molar-refractivity contribution in [3.63, 3.8) is 0 Å². The van der Waals surface area contributed by atoms with Crippen molar-refractivity contribution in [1.29, 1.82) is 0 Å². The summed E-state index contributed by atoms with van der Waals surface area (Å²) in [5.74, 6) is 0. The summed E-state index contributed by atoms with van der Waals surface area (Å²) < 4.78 is 0. The van der Waals surface area contributed by atoms with Gasteiger partial charge in [-0.25, -0.2) is 0 Å². The highest BCUT2D eigenvalue weighted by molar-refractivity contribution is 7.99. The van der Waals surface area contributed by atoms with Crippen LogP contribution in [0.3, 0.4) is 0 Å². The van der Waals surface area contributed by atoms with Gasteiger partial charge in [0.25, 0.3) is 0 Å². The van der Waals surface area contributed by atoms with Crippen LogP contribution in [0.15, 0.2) is 46.3 Å². The lowest BCUT2D eigenvalue weighted by Crippen LogP contribution is -2.10. The smallest absolute Gasteiger partial charge is 0.0571 e. The predicted molar refractivity (Wildman–Crippen MR) is 81.5 cm³/mol. The van der Waals surface area contributed by atoms with Crippen molar-refractivity contribution in [1.82, 2.24) is 4.98 Å². The number of nitrogens with zero attached hydrogens (tertiary/aromatic N) is 1. The Morgan fingerprint density at radius 1 is 1.21 bits per heavy atom. The number of pyridine rings is 1. The molecule has 100 valence electrons. The molecule has 0 aliphatic rings. The number of nitrogens with two attached hydrogens (primary N) is 1. The Kier molecular flexibility index (Phi) is 4.61. The van der Waals surface area contributed by atoms with Gasteiger partial charge < -0.3 is 5.73 Å². The molecule has 0 spiro atoms. The molecule has 0 amide bonds. The number of hydrogen-bond donors (Lipinski definition) is 1. The molecule has 0 bridgehead atoms. The molecule has 0 saturated carbocycles. The van der Waals surface area contributed by atoms with Crippen molar-refractivity contribution in [2.24, 2.45) is 5.73 Å². The molecule has 2 aromatic rings. The number of aromatic nitrogens is 1. The van der Waals surface area contributed by atoms with Crippen LogP contribution in [0.25, 0.3) is 0 Å². The van der Waals surface area contributed by atoms with Crippen LogP contribution in [0.2, 0.25) is 0 Å². The third kappa shape index (κ3) is 3.58. The van der Waals surface area contributed by atoms with Crippen LogP contribution in [0.4, 0.5) is 0 Å². The second-order valence-corrected chi connectivity index (χ2v) is 5.92. The Bertz CT molecular complexity index is 549. The largest absolute Gasteiger partial charge is 0.323 e. The van der Waals surface area contributed by atoms with E-state index in [1.165, 1.54) is 16.0 Å². The third-order valence-corrected chi connectivity index (χ3v) is 4.29. The molecule has 2 rings (SSSR count). The van der Waals surface area contributed by atoms with Gasteiger partial charge in [-0.05, 0) is 49.6 Å². The summed E-state index contributed by atoms with van der Waals surface area (Å²) in [6.07, 6.45) is 2.83. The first-order valence-electron chi connectivity index (χ1n) is 6.56. The van der Waals surface area contributed by atoms with Crippen LogP contribution >= 0.6 is 11.8 Å². The SMILES string of the molecule is CC[C@H](N)c1ccc(Sc2cc(C)ccc2C)cn1. The predicted octanol–water partition coefficient (Wildman–Crippen LogP) is 4.26. The minimum absolute atomic E-state index is 0.0414. The lowest BCUT2D eigenvalue weighted by atomic mass is 10.1. The molecule has 0 aliphatic heterocycles. The molecule has 0 aliphatic carbocycles. The molecule has 1 heterocycles. The van der Waals surface area contributed by atoms with Crippen molar-refractivity contribution in [2.75, 3.05) is 0 Å². The van der Waals surface area contributed by atoms with Crippen molar-refractivity contribution in [3.05, 3.63) is 53.3 Å². The molecule has 0 saturated heterocycles. The molecule has 2 nitrogen and oxygen atoms in total. The first-order valence-corrected chi connectivity index (χ1v) is 7.38. The van der Waals surface area contributed by atoms with E-state index in [-0.39, 0.29) is 6.04 Å². The maximum atomic E-state index is 5.97. The lowest BCUT2D eigenvalue weighted by Gasteiger charge is -2.10. The molecule has 0 fully saturated rings. The highest BCUT2D eigenvalue weighted by Crippen LogP contribution is 2.30. The Morgan fingerprint density at radius 3 is 2.63 bits per heavy atom. The van der Waals surface area contributed by atoms with Gasteiger partial charge in [-0.2, -0.15) is 0 Å². The van der Waals surface area contributed by atoms with Crippen LogP contribution < -0.4 is 5.73 Å². The summed E-state index contributed by atoms with van der Waals surface area (Å²) in [4.78, 5) is 6.89. The van der Waals surface area contributed by atoms with Gasteiger partial charge in [0.15, 0.2) is 0 Å². The number of hydrogen-bond acceptors (Lipinski definition) is 3. The van der Waals surface area contributed by atoms with Gasteiger partial charge >= 0.3 is 0 Å². The Balaban J connectivity index is 2.17. The Morgan fingerprint density at radius 2 is 2.00 bits per heavy atom. The molecule has 19 heavy (non-hydrogen) atoms. The molecule has 3 heteroatoms. The highest BCUT2D eigenvalue weighted by Gasteiger charge is 2.06.